The van der Waals surface area contributed by atoms with Gasteiger partial charge in [0.2, 0.25) is 0 Å². The highest BCUT2D eigenvalue weighted by Gasteiger charge is 2.52. The Kier molecular flexibility index (Phi) is 3.14. The molecular weight excluding hydrogens is 459 g/mol. The molecule has 0 saturated heterocycles. The highest BCUT2D eigenvalue weighted by molar-refractivity contribution is 9.10. The number of hydrogen-bond acceptors (Lipinski definition) is 3. The number of hydrogen-bond donors (Lipinski definition) is 1. The van der Waals surface area contributed by atoms with E-state index >= 15 is 0 Å². The summed E-state index contributed by atoms with van der Waals surface area (Å²) in [6.07, 6.45) is 3.73. The van der Waals surface area contributed by atoms with E-state index in [0.717, 1.165) is 45.8 Å². The van der Waals surface area contributed by atoms with Gasteiger partial charge >= 0.3 is 7.82 Å². The summed E-state index contributed by atoms with van der Waals surface area (Å²) < 4.78 is 25.4. The Labute approximate surface area is 156 Å². The molecule has 0 atom stereocenters. The molecule has 2 aromatic carbocycles. The lowest BCUT2D eigenvalue weighted by Gasteiger charge is -2.33. The predicted octanol–water partition coefficient (Wildman–Crippen LogP) is 5.26. The molecule has 1 heterocycles. The predicted molar refractivity (Wildman–Crippen MR) is 96.8 cm³/mol. The van der Waals surface area contributed by atoms with Crippen LogP contribution in [0.2, 0.25) is 0 Å². The van der Waals surface area contributed by atoms with Gasteiger partial charge in [0.15, 0.2) is 0 Å². The van der Waals surface area contributed by atoms with Crippen LogP contribution in [0.4, 0.5) is 0 Å². The maximum Gasteiger partial charge on any atom is 0.584 e. The minimum atomic E-state index is -4.22. The van der Waals surface area contributed by atoms with E-state index in [1.165, 1.54) is 11.1 Å². The SMILES string of the molecule is O=P1(O)Oc2ccc(Br)c3c2C2(CC3)CCc3c(Br)ccc(c32)O1. The van der Waals surface area contributed by atoms with E-state index in [2.05, 4.69) is 31.9 Å². The molecule has 3 aliphatic rings. The van der Waals surface area contributed by atoms with E-state index in [9.17, 15) is 9.46 Å². The summed E-state index contributed by atoms with van der Waals surface area (Å²) in [7, 11) is -4.22. The third-order valence-electron chi connectivity index (χ3n) is 5.42. The zero-order valence-electron chi connectivity index (χ0n) is 12.5. The number of halogens is 2. The molecule has 2 aliphatic carbocycles. The highest BCUT2D eigenvalue weighted by atomic mass is 79.9. The zero-order chi connectivity index (χ0) is 16.7. The van der Waals surface area contributed by atoms with Gasteiger partial charge in [0.25, 0.3) is 0 Å². The van der Waals surface area contributed by atoms with Gasteiger partial charge < -0.3 is 9.05 Å². The number of phosphoric acid groups is 1. The van der Waals surface area contributed by atoms with E-state index in [4.69, 9.17) is 9.05 Å². The van der Waals surface area contributed by atoms with Crippen LogP contribution >= 0.6 is 39.7 Å². The Morgan fingerprint density at radius 3 is 1.83 bits per heavy atom. The largest absolute Gasteiger partial charge is 0.584 e. The van der Waals surface area contributed by atoms with Gasteiger partial charge in [-0.25, -0.2) is 4.57 Å². The molecule has 0 unspecified atom stereocenters. The lowest BCUT2D eigenvalue weighted by atomic mass is 9.76. The lowest BCUT2D eigenvalue weighted by Crippen LogP contribution is -2.25. The highest BCUT2D eigenvalue weighted by Crippen LogP contribution is 2.63. The van der Waals surface area contributed by atoms with Crippen LogP contribution in [0.15, 0.2) is 33.2 Å². The molecular formula is C17H13Br2O4P. The number of rotatable bonds is 0. The van der Waals surface area contributed by atoms with Gasteiger partial charge in [-0.3, -0.25) is 4.89 Å². The smallest absolute Gasteiger partial charge is 0.395 e. The maximum atomic E-state index is 12.5. The summed E-state index contributed by atoms with van der Waals surface area (Å²) in [6.45, 7) is 0. The number of phosphoric ester groups is 1. The van der Waals surface area contributed by atoms with E-state index in [-0.39, 0.29) is 5.41 Å². The molecule has 1 spiro atoms. The van der Waals surface area contributed by atoms with Crippen LogP contribution in [-0.4, -0.2) is 4.89 Å². The molecule has 5 rings (SSSR count). The summed E-state index contributed by atoms with van der Waals surface area (Å²) in [5, 5.41) is 0. The first kappa shape index (κ1) is 15.4. The molecule has 7 heteroatoms. The molecule has 0 fully saturated rings. The van der Waals surface area contributed by atoms with Crippen molar-refractivity contribution in [1.82, 2.24) is 0 Å². The van der Waals surface area contributed by atoms with Crippen molar-refractivity contribution in [1.29, 1.82) is 0 Å². The first-order valence-corrected chi connectivity index (χ1v) is 10.9. The monoisotopic (exact) mass is 470 g/mol. The molecule has 0 saturated carbocycles. The molecule has 0 aromatic heterocycles. The summed E-state index contributed by atoms with van der Waals surface area (Å²) in [5.41, 5.74) is 4.24. The van der Waals surface area contributed by atoms with Crippen LogP contribution in [0.1, 0.15) is 35.1 Å². The van der Waals surface area contributed by atoms with Crippen molar-refractivity contribution in [2.75, 3.05) is 0 Å². The molecule has 24 heavy (non-hydrogen) atoms. The summed E-state index contributed by atoms with van der Waals surface area (Å²) in [6, 6.07) is 7.30. The molecule has 1 aliphatic heterocycles. The van der Waals surface area contributed by atoms with Crippen molar-refractivity contribution in [3.63, 3.8) is 0 Å². The van der Waals surface area contributed by atoms with Crippen molar-refractivity contribution in [3.05, 3.63) is 55.5 Å². The minimum absolute atomic E-state index is 0.205. The standard InChI is InChI=1S/C17H13Br2O4P/c18-11-1-3-13-15-9(11)5-7-17(15)8-6-10-12(19)2-4-14(16(10)17)23-24(20,21)22-13/h1-4H,5-8H2,(H,20,21). The van der Waals surface area contributed by atoms with Crippen LogP contribution in [-0.2, 0) is 22.8 Å². The Morgan fingerprint density at radius 1 is 0.917 bits per heavy atom. The van der Waals surface area contributed by atoms with Gasteiger partial charge in [-0.1, -0.05) is 31.9 Å². The Hall–Kier alpha value is -0.810. The first-order chi connectivity index (χ1) is 11.4. The normalized spacial score (nSPS) is 21.1. The third kappa shape index (κ3) is 1.91. The van der Waals surface area contributed by atoms with Crippen molar-refractivity contribution in [2.24, 2.45) is 0 Å². The van der Waals surface area contributed by atoms with Gasteiger partial charge in [0.1, 0.15) is 11.5 Å². The van der Waals surface area contributed by atoms with Crippen LogP contribution in [0.25, 0.3) is 0 Å². The van der Waals surface area contributed by atoms with Gasteiger partial charge in [0.05, 0.1) is 0 Å². The quantitative estimate of drug-likeness (QED) is 0.532. The Morgan fingerprint density at radius 2 is 1.38 bits per heavy atom. The first-order valence-electron chi connectivity index (χ1n) is 7.77. The summed E-state index contributed by atoms with van der Waals surface area (Å²) in [4.78, 5) is 10.2. The molecule has 2 aromatic rings. The maximum absolute atomic E-state index is 12.5. The van der Waals surface area contributed by atoms with E-state index < -0.39 is 7.82 Å². The van der Waals surface area contributed by atoms with Crippen molar-refractivity contribution < 1.29 is 18.5 Å². The van der Waals surface area contributed by atoms with Crippen LogP contribution in [0.5, 0.6) is 11.5 Å². The molecule has 1 N–H and O–H groups in total. The van der Waals surface area contributed by atoms with Crippen LogP contribution in [0.3, 0.4) is 0 Å². The second-order valence-electron chi connectivity index (χ2n) is 6.53. The van der Waals surface area contributed by atoms with Crippen LogP contribution < -0.4 is 9.05 Å². The molecule has 4 nitrogen and oxygen atoms in total. The average Bonchev–Trinajstić information content (AvgIpc) is 3.09. The van der Waals surface area contributed by atoms with Crippen molar-refractivity contribution in [3.8, 4) is 11.5 Å². The average molecular weight is 472 g/mol. The second kappa shape index (κ2) is 4.88. The van der Waals surface area contributed by atoms with E-state index in [0.29, 0.717) is 11.5 Å². The fraction of sp³-hybridized carbons (Fsp3) is 0.294. The minimum Gasteiger partial charge on any atom is -0.395 e. The van der Waals surface area contributed by atoms with Gasteiger partial charge in [-0.2, -0.15) is 0 Å². The zero-order valence-corrected chi connectivity index (χ0v) is 16.6. The summed E-state index contributed by atoms with van der Waals surface area (Å²) in [5.74, 6) is 0.935. The topological polar surface area (TPSA) is 55.8 Å². The van der Waals surface area contributed by atoms with Gasteiger partial charge in [0, 0.05) is 25.5 Å². The van der Waals surface area contributed by atoms with E-state index in [1.807, 2.05) is 12.1 Å². The molecule has 0 amide bonds. The lowest BCUT2D eigenvalue weighted by molar-refractivity contribution is 0.280. The van der Waals surface area contributed by atoms with Crippen molar-refractivity contribution in [2.45, 2.75) is 31.1 Å². The fourth-order valence-corrected chi connectivity index (χ4v) is 6.48. The van der Waals surface area contributed by atoms with Gasteiger partial charge in [-0.05, 0) is 61.1 Å². The molecule has 0 bridgehead atoms. The second-order valence-corrected chi connectivity index (χ2v) is 9.54. The van der Waals surface area contributed by atoms with Gasteiger partial charge in [-0.15, -0.1) is 0 Å². The summed E-state index contributed by atoms with van der Waals surface area (Å²) >= 11 is 7.27. The Balaban J connectivity index is 1.92. The fourth-order valence-electron chi connectivity index (χ4n) is 4.59. The van der Waals surface area contributed by atoms with Crippen molar-refractivity contribution >= 4 is 39.7 Å². The molecule has 124 valence electrons. The Bertz CT molecular complexity index is 883. The van der Waals surface area contributed by atoms with Crippen LogP contribution in [0, 0.1) is 0 Å². The molecule has 0 radical (unpaired) electrons. The third-order valence-corrected chi connectivity index (χ3v) is 7.76. The van der Waals surface area contributed by atoms with E-state index in [1.54, 1.807) is 12.1 Å². The number of benzene rings is 2.